The molecule has 3 aliphatic carbocycles. The number of nitrogens with zero attached hydrogens (tertiary/aromatic N) is 2. The van der Waals surface area contributed by atoms with E-state index >= 15 is 0 Å². The van der Waals surface area contributed by atoms with Gasteiger partial charge in [0.25, 0.3) is 0 Å². The van der Waals surface area contributed by atoms with E-state index in [2.05, 4.69) is 47.2 Å². The number of amides is 1. The molecule has 5 N–H and O–H groups in total. The molecule has 0 bridgehead atoms. The van der Waals surface area contributed by atoms with Crippen LogP contribution in [-0.4, -0.2) is 82.0 Å². The molecule has 9 atom stereocenters. The van der Waals surface area contributed by atoms with E-state index in [1.54, 1.807) is 18.1 Å². The van der Waals surface area contributed by atoms with Crippen LogP contribution in [0, 0.1) is 35.0 Å². The highest BCUT2D eigenvalue weighted by molar-refractivity contribution is 5.82. The SMILES string of the molecule is C[C@@H](O)[C@@H]1[C@H](CO)ON(Cc2cccc(C#C[C@]3(O)CCC4CC[C@H]5c6cc(O)ccc6CC[C@@H]5[C@]43C)c2)[C@@H]1C(=O)NCCCN(C)c1ccccc1. The molecule has 1 aliphatic heterocycles. The zero-order chi connectivity index (χ0) is 37.3. The lowest BCUT2D eigenvalue weighted by Gasteiger charge is -2.54. The number of aromatic hydroxyl groups is 1. The van der Waals surface area contributed by atoms with E-state index < -0.39 is 29.8 Å². The van der Waals surface area contributed by atoms with Gasteiger partial charge in [-0.15, -0.1) is 0 Å². The summed E-state index contributed by atoms with van der Waals surface area (Å²) in [6, 6.07) is 22.9. The van der Waals surface area contributed by atoms with Crippen molar-refractivity contribution in [3.05, 3.63) is 95.1 Å². The summed E-state index contributed by atoms with van der Waals surface area (Å²) in [5.41, 5.74) is 3.80. The molecule has 1 heterocycles. The standard InChI is InChI=1S/C44H55N3O6/c1-29(49)40-39(28-48)53-47(41(40)42(51)45-23-8-24-46(3)34-11-5-4-6-12-34)27-31-10-7-9-30(25-31)19-21-44(52)22-20-33-15-17-36-37-26-35(50)16-13-32(37)14-18-38(36)43(33,44)2/h4-7,9-13,16,25-26,29,33,36,38-41,48-50,52H,8,14-15,17-18,20,22-24,27-28H2,1-3H3,(H,45,51)/t29-,33?,36+,38+,39+,40-,41+,43+,44+/m1/s1. The number of benzene rings is 3. The molecule has 0 spiro atoms. The molecule has 282 valence electrons. The van der Waals surface area contributed by atoms with Crippen LogP contribution in [0.2, 0.25) is 0 Å². The molecular weight excluding hydrogens is 666 g/mol. The van der Waals surface area contributed by atoms with E-state index in [9.17, 15) is 25.2 Å². The number of hydrogen-bond donors (Lipinski definition) is 5. The Labute approximate surface area is 313 Å². The van der Waals surface area contributed by atoms with Gasteiger partial charge in [0.2, 0.25) is 5.91 Å². The number of para-hydroxylation sites is 1. The normalized spacial score (nSPS) is 31.1. The Morgan fingerprint density at radius 3 is 2.66 bits per heavy atom. The van der Waals surface area contributed by atoms with Gasteiger partial charge < -0.3 is 30.6 Å². The van der Waals surface area contributed by atoms with Crippen molar-refractivity contribution in [1.29, 1.82) is 0 Å². The second-order valence-corrected chi connectivity index (χ2v) is 16.1. The first-order chi connectivity index (χ1) is 25.5. The number of nitrogens with one attached hydrogen (secondary N) is 1. The summed E-state index contributed by atoms with van der Waals surface area (Å²) in [7, 11) is 2.02. The zero-order valence-corrected chi connectivity index (χ0v) is 31.2. The minimum atomic E-state index is -1.14. The number of hydroxylamine groups is 2. The van der Waals surface area contributed by atoms with Gasteiger partial charge in [-0.3, -0.25) is 9.63 Å². The Morgan fingerprint density at radius 1 is 1.08 bits per heavy atom. The second-order valence-electron chi connectivity index (χ2n) is 16.1. The van der Waals surface area contributed by atoms with E-state index in [0.29, 0.717) is 30.6 Å². The summed E-state index contributed by atoms with van der Waals surface area (Å²) < 4.78 is 0. The van der Waals surface area contributed by atoms with Gasteiger partial charge in [0.05, 0.1) is 19.3 Å². The maximum absolute atomic E-state index is 13.7. The highest BCUT2D eigenvalue weighted by Crippen LogP contribution is 2.65. The number of carbonyl (C=O) groups excluding carboxylic acids is 1. The van der Waals surface area contributed by atoms with Crippen molar-refractivity contribution in [2.45, 2.75) is 95.1 Å². The first kappa shape index (κ1) is 37.4. The molecular formula is C44H55N3O6. The zero-order valence-electron chi connectivity index (χ0n) is 31.2. The van der Waals surface area contributed by atoms with Crippen LogP contribution in [0.5, 0.6) is 5.75 Å². The van der Waals surface area contributed by atoms with E-state index in [0.717, 1.165) is 61.9 Å². The number of phenolic OH excluding ortho intramolecular Hbond substituents is 1. The third kappa shape index (κ3) is 7.20. The van der Waals surface area contributed by atoms with Crippen molar-refractivity contribution in [1.82, 2.24) is 10.4 Å². The van der Waals surface area contributed by atoms with Gasteiger partial charge in [-0.05, 0) is 123 Å². The topological polar surface area (TPSA) is 126 Å². The number of carbonyl (C=O) groups is 1. The Morgan fingerprint density at radius 2 is 1.89 bits per heavy atom. The molecule has 1 unspecified atom stereocenters. The highest BCUT2D eigenvalue weighted by Gasteiger charge is 2.63. The fraction of sp³-hybridized carbons (Fsp3) is 0.523. The van der Waals surface area contributed by atoms with Crippen LogP contribution in [0.25, 0.3) is 0 Å². The summed E-state index contributed by atoms with van der Waals surface area (Å²) in [6.07, 6.45) is 4.79. The Bertz CT molecular complexity index is 1820. The average Bonchev–Trinajstić information content (AvgIpc) is 3.67. The molecule has 1 saturated heterocycles. The van der Waals surface area contributed by atoms with Crippen molar-refractivity contribution >= 4 is 11.6 Å². The number of aliphatic hydroxyl groups excluding tert-OH is 2. The van der Waals surface area contributed by atoms with Crippen LogP contribution >= 0.6 is 0 Å². The van der Waals surface area contributed by atoms with Crippen LogP contribution in [0.4, 0.5) is 5.69 Å². The lowest BCUT2D eigenvalue weighted by Crippen LogP contribution is -2.54. The lowest BCUT2D eigenvalue weighted by atomic mass is 9.50. The maximum atomic E-state index is 13.7. The number of hydrogen-bond acceptors (Lipinski definition) is 8. The number of rotatable bonds is 10. The van der Waals surface area contributed by atoms with Crippen molar-refractivity contribution in [2.75, 3.05) is 31.6 Å². The fourth-order valence-electron chi connectivity index (χ4n) is 10.3. The molecule has 53 heavy (non-hydrogen) atoms. The first-order valence-electron chi connectivity index (χ1n) is 19.4. The molecule has 2 saturated carbocycles. The molecule has 1 amide bonds. The predicted octanol–water partition coefficient (Wildman–Crippen LogP) is 5.15. The van der Waals surface area contributed by atoms with Gasteiger partial charge in [0, 0.05) is 42.7 Å². The van der Waals surface area contributed by atoms with Crippen molar-refractivity contribution in [3.8, 4) is 17.6 Å². The number of fused-ring (bicyclic) bond motifs is 5. The maximum Gasteiger partial charge on any atom is 0.240 e. The second kappa shape index (κ2) is 15.4. The van der Waals surface area contributed by atoms with Crippen LogP contribution in [0.15, 0.2) is 72.8 Å². The molecule has 3 aromatic rings. The first-order valence-corrected chi connectivity index (χ1v) is 19.4. The van der Waals surface area contributed by atoms with Crippen LogP contribution in [-0.2, 0) is 22.6 Å². The van der Waals surface area contributed by atoms with Gasteiger partial charge >= 0.3 is 0 Å². The largest absolute Gasteiger partial charge is 0.508 e. The van der Waals surface area contributed by atoms with Gasteiger partial charge in [-0.2, -0.15) is 5.06 Å². The van der Waals surface area contributed by atoms with E-state index in [1.807, 2.05) is 55.6 Å². The van der Waals surface area contributed by atoms with Gasteiger partial charge in [-0.25, -0.2) is 0 Å². The molecule has 9 nitrogen and oxygen atoms in total. The predicted molar refractivity (Wildman–Crippen MR) is 205 cm³/mol. The smallest absolute Gasteiger partial charge is 0.240 e. The number of anilines is 1. The van der Waals surface area contributed by atoms with Crippen molar-refractivity contribution < 1.29 is 30.1 Å². The summed E-state index contributed by atoms with van der Waals surface area (Å²) in [4.78, 5) is 22.0. The van der Waals surface area contributed by atoms with Crippen LogP contribution in [0.3, 0.4) is 0 Å². The van der Waals surface area contributed by atoms with E-state index in [1.165, 1.54) is 11.1 Å². The third-order valence-electron chi connectivity index (χ3n) is 13.2. The summed E-state index contributed by atoms with van der Waals surface area (Å²) in [5.74, 6) is 7.17. The number of aryl methyl sites for hydroxylation is 1. The summed E-state index contributed by atoms with van der Waals surface area (Å²) in [5, 5.41) is 48.3. The summed E-state index contributed by atoms with van der Waals surface area (Å²) in [6.45, 7) is 5.04. The number of aliphatic hydroxyl groups is 3. The van der Waals surface area contributed by atoms with Crippen molar-refractivity contribution in [2.24, 2.45) is 23.2 Å². The third-order valence-corrected chi connectivity index (χ3v) is 13.2. The quantitative estimate of drug-likeness (QED) is 0.144. The Hall–Kier alpha value is -3.91. The van der Waals surface area contributed by atoms with Crippen molar-refractivity contribution in [3.63, 3.8) is 0 Å². The highest BCUT2D eigenvalue weighted by atomic mass is 16.7. The molecule has 3 aromatic carbocycles. The molecule has 7 rings (SSSR count). The lowest BCUT2D eigenvalue weighted by molar-refractivity contribution is -0.181. The minimum Gasteiger partial charge on any atom is -0.508 e. The monoisotopic (exact) mass is 721 g/mol. The summed E-state index contributed by atoms with van der Waals surface area (Å²) >= 11 is 0. The Kier molecular flexibility index (Phi) is 10.9. The molecule has 0 radical (unpaired) electrons. The molecule has 4 aliphatic rings. The Balaban J connectivity index is 1.06. The van der Waals surface area contributed by atoms with Crippen LogP contribution < -0.4 is 10.2 Å². The fourth-order valence-corrected chi connectivity index (χ4v) is 10.3. The molecule has 3 fully saturated rings. The van der Waals surface area contributed by atoms with Gasteiger partial charge in [0.15, 0.2) is 0 Å². The van der Waals surface area contributed by atoms with E-state index in [-0.39, 0.29) is 30.4 Å². The molecule has 9 heteroatoms. The van der Waals surface area contributed by atoms with Crippen LogP contribution in [0.1, 0.15) is 80.5 Å². The molecule has 0 aromatic heterocycles. The van der Waals surface area contributed by atoms with Gasteiger partial charge in [0.1, 0.15) is 23.5 Å². The number of phenols is 1. The minimum absolute atomic E-state index is 0.247. The van der Waals surface area contributed by atoms with E-state index in [4.69, 9.17) is 4.84 Å². The van der Waals surface area contributed by atoms with Gasteiger partial charge in [-0.1, -0.05) is 55.2 Å². The average molecular weight is 722 g/mol.